The molecule has 1 aromatic rings. The van der Waals surface area contributed by atoms with Crippen LogP contribution in [0.2, 0.25) is 0 Å². The minimum atomic E-state index is 0.0104. The third kappa shape index (κ3) is 1.39. The molecule has 1 aliphatic heterocycles. The quantitative estimate of drug-likeness (QED) is 0.677. The third-order valence-electron chi connectivity index (χ3n) is 2.48. The van der Waals surface area contributed by atoms with Gasteiger partial charge in [-0.15, -0.1) is 0 Å². The molecule has 5 nitrogen and oxygen atoms in total. The van der Waals surface area contributed by atoms with Crippen LogP contribution in [0.1, 0.15) is 19.4 Å². The summed E-state index contributed by atoms with van der Waals surface area (Å²) < 4.78 is 3.21. The maximum absolute atomic E-state index is 11.6. The molecule has 2 heterocycles. The van der Waals surface area contributed by atoms with Crippen molar-refractivity contribution in [3.8, 4) is 0 Å². The highest BCUT2D eigenvalue weighted by Gasteiger charge is 2.18. The molecule has 5 heteroatoms. The molecule has 0 aromatic carbocycles. The van der Waals surface area contributed by atoms with Crippen LogP contribution < -0.4 is 11.0 Å². The van der Waals surface area contributed by atoms with E-state index in [-0.39, 0.29) is 5.69 Å². The Balaban J connectivity index is 2.29. The number of nitrogens with one attached hydrogen (secondary N) is 1. The summed E-state index contributed by atoms with van der Waals surface area (Å²) >= 11 is 0. The van der Waals surface area contributed by atoms with Crippen LogP contribution >= 0.6 is 0 Å². The van der Waals surface area contributed by atoms with Crippen molar-refractivity contribution in [1.29, 1.82) is 0 Å². The molecule has 0 spiro atoms. The van der Waals surface area contributed by atoms with Crippen LogP contribution in [-0.4, -0.2) is 27.4 Å². The van der Waals surface area contributed by atoms with E-state index in [1.807, 2.05) is 6.92 Å². The molecule has 1 N–H and O–H groups in total. The molecule has 0 radical (unpaired) electrons. The van der Waals surface area contributed by atoms with Crippen LogP contribution in [0.15, 0.2) is 11.1 Å². The Morgan fingerprint density at radius 1 is 1.77 bits per heavy atom. The molecule has 0 saturated carbocycles. The lowest BCUT2D eigenvalue weighted by Gasteiger charge is -2.06. The van der Waals surface area contributed by atoms with Crippen LogP contribution in [0, 0.1) is 0 Å². The zero-order chi connectivity index (χ0) is 9.26. The van der Waals surface area contributed by atoms with Gasteiger partial charge in [-0.2, -0.15) is 5.10 Å². The first-order valence-electron chi connectivity index (χ1n) is 4.67. The summed E-state index contributed by atoms with van der Waals surface area (Å²) in [6, 6.07) is 0.299. The number of hydrogen-bond donors (Lipinski definition) is 1. The van der Waals surface area contributed by atoms with Gasteiger partial charge in [-0.05, 0) is 19.9 Å². The van der Waals surface area contributed by atoms with Crippen molar-refractivity contribution in [2.24, 2.45) is 0 Å². The molecule has 13 heavy (non-hydrogen) atoms. The van der Waals surface area contributed by atoms with Gasteiger partial charge in [0.2, 0.25) is 0 Å². The number of hydrogen-bond acceptors (Lipinski definition) is 3. The van der Waals surface area contributed by atoms with E-state index in [2.05, 4.69) is 10.4 Å². The molecule has 1 saturated heterocycles. The Bertz CT molecular complexity index is 334. The van der Waals surface area contributed by atoms with Gasteiger partial charge in [0.15, 0.2) is 0 Å². The lowest BCUT2D eigenvalue weighted by molar-refractivity contribution is 0.514. The average Bonchev–Trinajstić information content (AvgIpc) is 2.72. The summed E-state index contributed by atoms with van der Waals surface area (Å²) in [6.45, 7) is 4.45. The van der Waals surface area contributed by atoms with Crippen molar-refractivity contribution in [2.45, 2.75) is 25.9 Å². The summed E-state index contributed by atoms with van der Waals surface area (Å²) in [5.74, 6) is 0. The van der Waals surface area contributed by atoms with Crippen LogP contribution in [0.3, 0.4) is 0 Å². The predicted octanol–water partition coefficient (Wildman–Crippen LogP) is -0.401. The Labute approximate surface area is 76.4 Å². The van der Waals surface area contributed by atoms with Gasteiger partial charge in [-0.1, -0.05) is 0 Å². The van der Waals surface area contributed by atoms with Crippen LogP contribution in [0.25, 0.3) is 0 Å². The summed E-state index contributed by atoms with van der Waals surface area (Å²) in [4.78, 5) is 11.6. The molecule has 0 unspecified atom stereocenters. The van der Waals surface area contributed by atoms with E-state index in [0.29, 0.717) is 12.6 Å². The van der Waals surface area contributed by atoms with Gasteiger partial charge in [0, 0.05) is 13.1 Å². The minimum absolute atomic E-state index is 0.0104. The maximum atomic E-state index is 11.6. The fourth-order valence-electron chi connectivity index (χ4n) is 1.69. The molecule has 1 aromatic heterocycles. The van der Waals surface area contributed by atoms with Crippen molar-refractivity contribution >= 4 is 0 Å². The molecule has 0 amide bonds. The summed E-state index contributed by atoms with van der Waals surface area (Å²) in [7, 11) is 0. The summed E-state index contributed by atoms with van der Waals surface area (Å²) in [5.41, 5.74) is 0.0104. The Kier molecular flexibility index (Phi) is 2.18. The van der Waals surface area contributed by atoms with Gasteiger partial charge < -0.3 is 5.32 Å². The first kappa shape index (κ1) is 8.50. The second kappa shape index (κ2) is 3.33. The van der Waals surface area contributed by atoms with Gasteiger partial charge >= 0.3 is 5.69 Å². The SMILES string of the molecule is CCn1ncn([C@H]2CCNC2)c1=O. The predicted molar refractivity (Wildman–Crippen MR) is 48.7 cm³/mol. The molecular weight excluding hydrogens is 168 g/mol. The number of aromatic nitrogens is 3. The molecule has 2 rings (SSSR count). The lowest BCUT2D eigenvalue weighted by Crippen LogP contribution is -2.28. The zero-order valence-corrected chi connectivity index (χ0v) is 7.73. The van der Waals surface area contributed by atoms with E-state index in [1.165, 1.54) is 4.68 Å². The molecule has 0 bridgehead atoms. The standard InChI is InChI=1S/C8H14N4O/c1-2-12-8(13)11(6-10-12)7-3-4-9-5-7/h6-7,9H,2-5H2,1H3/t7-/m0/s1. The highest BCUT2D eigenvalue weighted by Crippen LogP contribution is 2.11. The number of aryl methyl sites for hydroxylation is 1. The highest BCUT2D eigenvalue weighted by atomic mass is 16.2. The second-order valence-corrected chi connectivity index (χ2v) is 3.28. The van der Waals surface area contributed by atoms with E-state index in [4.69, 9.17) is 0 Å². The summed E-state index contributed by atoms with van der Waals surface area (Å²) in [5, 5.41) is 7.25. The fourth-order valence-corrected chi connectivity index (χ4v) is 1.69. The Hall–Kier alpha value is -1.10. The van der Waals surface area contributed by atoms with Gasteiger partial charge in [-0.25, -0.2) is 9.48 Å². The monoisotopic (exact) mass is 182 g/mol. The average molecular weight is 182 g/mol. The number of rotatable bonds is 2. The van der Waals surface area contributed by atoms with Crippen LogP contribution in [-0.2, 0) is 6.54 Å². The first-order chi connectivity index (χ1) is 6.33. The smallest absolute Gasteiger partial charge is 0.315 e. The maximum Gasteiger partial charge on any atom is 0.345 e. The van der Waals surface area contributed by atoms with Crippen molar-refractivity contribution in [1.82, 2.24) is 19.7 Å². The third-order valence-corrected chi connectivity index (χ3v) is 2.48. The van der Waals surface area contributed by atoms with Crippen molar-refractivity contribution in [2.75, 3.05) is 13.1 Å². The van der Waals surface area contributed by atoms with Crippen molar-refractivity contribution in [3.63, 3.8) is 0 Å². The fraction of sp³-hybridized carbons (Fsp3) is 0.750. The Morgan fingerprint density at radius 3 is 3.15 bits per heavy atom. The van der Waals surface area contributed by atoms with Crippen LogP contribution in [0.4, 0.5) is 0 Å². The minimum Gasteiger partial charge on any atom is -0.315 e. The Morgan fingerprint density at radius 2 is 2.62 bits per heavy atom. The van der Waals surface area contributed by atoms with Gasteiger partial charge in [-0.3, -0.25) is 4.57 Å². The van der Waals surface area contributed by atoms with E-state index in [0.717, 1.165) is 19.5 Å². The zero-order valence-electron chi connectivity index (χ0n) is 7.73. The normalized spacial score (nSPS) is 22.4. The molecule has 72 valence electrons. The van der Waals surface area contributed by atoms with Gasteiger partial charge in [0.25, 0.3) is 0 Å². The first-order valence-corrected chi connectivity index (χ1v) is 4.67. The second-order valence-electron chi connectivity index (χ2n) is 3.28. The number of nitrogens with zero attached hydrogens (tertiary/aromatic N) is 3. The van der Waals surface area contributed by atoms with Crippen molar-refractivity contribution < 1.29 is 0 Å². The van der Waals surface area contributed by atoms with Gasteiger partial charge in [0.1, 0.15) is 6.33 Å². The molecule has 1 fully saturated rings. The largest absolute Gasteiger partial charge is 0.345 e. The molecule has 1 atom stereocenters. The topological polar surface area (TPSA) is 51.9 Å². The van der Waals surface area contributed by atoms with Crippen LogP contribution in [0.5, 0.6) is 0 Å². The van der Waals surface area contributed by atoms with E-state index in [1.54, 1.807) is 10.9 Å². The van der Waals surface area contributed by atoms with Gasteiger partial charge in [0.05, 0.1) is 6.04 Å². The molecule has 0 aliphatic carbocycles. The lowest BCUT2D eigenvalue weighted by atomic mass is 10.3. The van der Waals surface area contributed by atoms with E-state index >= 15 is 0 Å². The van der Waals surface area contributed by atoms with E-state index in [9.17, 15) is 4.79 Å². The molecular formula is C8H14N4O. The molecule has 1 aliphatic rings. The van der Waals surface area contributed by atoms with Crippen molar-refractivity contribution in [3.05, 3.63) is 16.8 Å². The van der Waals surface area contributed by atoms with E-state index < -0.39 is 0 Å². The summed E-state index contributed by atoms with van der Waals surface area (Å²) in [6.07, 6.45) is 2.67. The highest BCUT2D eigenvalue weighted by molar-refractivity contribution is 4.81.